The number of para-hydroxylation sites is 1. The third-order valence-electron chi connectivity index (χ3n) is 4.83. The van der Waals surface area contributed by atoms with Crippen molar-refractivity contribution in [3.05, 3.63) is 88.1 Å². The van der Waals surface area contributed by atoms with Crippen LogP contribution in [0.3, 0.4) is 0 Å². The van der Waals surface area contributed by atoms with Crippen LogP contribution in [0.25, 0.3) is 5.57 Å². The maximum absolute atomic E-state index is 11.5. The summed E-state index contributed by atoms with van der Waals surface area (Å²) in [5.41, 5.74) is 3.77. The lowest BCUT2D eigenvalue weighted by molar-refractivity contribution is -0.131. The lowest BCUT2D eigenvalue weighted by Gasteiger charge is -2.16. The normalized spacial score (nSPS) is 13.9. The number of halogens is 1. The molecule has 1 N–H and O–H groups in total. The number of rotatable bonds is 6. The highest BCUT2D eigenvalue weighted by Crippen LogP contribution is 2.46. The van der Waals surface area contributed by atoms with E-state index in [4.69, 9.17) is 16.3 Å². The van der Waals surface area contributed by atoms with Gasteiger partial charge < -0.3 is 9.84 Å². The summed E-state index contributed by atoms with van der Waals surface area (Å²) >= 11 is 6.11. The van der Waals surface area contributed by atoms with Gasteiger partial charge in [0.1, 0.15) is 5.75 Å². The van der Waals surface area contributed by atoms with Crippen molar-refractivity contribution < 1.29 is 14.6 Å². The van der Waals surface area contributed by atoms with E-state index < -0.39 is 5.97 Å². The molecule has 0 radical (unpaired) electrons. The highest BCUT2D eigenvalue weighted by Gasteiger charge is 2.28. The van der Waals surface area contributed by atoms with Gasteiger partial charge in [-0.15, -0.1) is 10.2 Å². The third-order valence-corrected chi connectivity index (χ3v) is 5.02. The van der Waals surface area contributed by atoms with Crippen LogP contribution in [0.1, 0.15) is 41.0 Å². The molecule has 3 aromatic rings. The van der Waals surface area contributed by atoms with E-state index in [2.05, 4.69) is 16.3 Å². The maximum atomic E-state index is 11.5. The van der Waals surface area contributed by atoms with Crippen LogP contribution in [0.5, 0.6) is 11.6 Å². The predicted octanol–water partition coefficient (Wildman–Crippen LogP) is 5.62. The molecule has 1 saturated carbocycles. The number of ether oxygens (including phenoxy) is 1. The number of carboxylic acid groups (broad SMARTS) is 1. The molecule has 0 unspecified atom stereocenters. The summed E-state index contributed by atoms with van der Waals surface area (Å²) < 4.78 is 6.25. The molecule has 1 aliphatic carbocycles. The Kier molecular flexibility index (Phi) is 5.32. The Labute approximate surface area is 173 Å². The fraction of sp³-hybridized carbons (Fsp3) is 0.174. The number of carboxylic acids is 1. The minimum atomic E-state index is -1.07. The van der Waals surface area contributed by atoms with Gasteiger partial charge in [-0.05, 0) is 48.4 Å². The number of hydrogen-bond acceptors (Lipinski definition) is 4. The van der Waals surface area contributed by atoms with Gasteiger partial charge in [0, 0.05) is 17.2 Å². The summed E-state index contributed by atoms with van der Waals surface area (Å²) in [6.07, 6.45) is 3.40. The Balaban J connectivity index is 1.84. The molecule has 1 aromatic heterocycles. The Morgan fingerprint density at radius 3 is 2.59 bits per heavy atom. The standard InChI is InChI=1S/C23H19ClN2O3/c1-14-6-5-9-17(16-10-11-16)22(14)29-23-19(12-20(24)25-26-23)18(13-21(27)28)15-7-3-2-4-8-15/h2-9,12-13,16H,10-11H2,1H3,(H,27,28)/b18-13-. The Bertz CT molecular complexity index is 1090. The number of benzene rings is 2. The molecule has 0 amide bonds. The number of aromatic nitrogens is 2. The smallest absolute Gasteiger partial charge is 0.328 e. The number of aliphatic carboxylic acids is 1. The Hall–Kier alpha value is -3.18. The molecule has 1 heterocycles. The average Bonchev–Trinajstić information content (AvgIpc) is 3.54. The minimum Gasteiger partial charge on any atom is -0.478 e. The fourth-order valence-corrected chi connectivity index (χ4v) is 3.46. The van der Waals surface area contributed by atoms with E-state index in [1.165, 1.54) is 0 Å². The SMILES string of the molecule is Cc1cccc(C2CC2)c1Oc1nnc(Cl)cc1/C(=C\C(=O)O)c1ccccc1. The molecule has 0 bridgehead atoms. The van der Waals surface area contributed by atoms with Crippen molar-refractivity contribution in [2.24, 2.45) is 0 Å². The summed E-state index contributed by atoms with van der Waals surface area (Å²) in [5, 5.41) is 17.7. The molecule has 1 aliphatic rings. The van der Waals surface area contributed by atoms with Crippen LogP contribution in [-0.2, 0) is 4.79 Å². The van der Waals surface area contributed by atoms with E-state index >= 15 is 0 Å². The van der Waals surface area contributed by atoms with Crippen molar-refractivity contribution in [2.75, 3.05) is 0 Å². The molecule has 4 rings (SSSR count). The molecule has 0 aliphatic heterocycles. The second-order valence-electron chi connectivity index (χ2n) is 7.02. The fourth-order valence-electron chi connectivity index (χ4n) is 3.31. The molecular weight excluding hydrogens is 388 g/mol. The largest absolute Gasteiger partial charge is 0.478 e. The summed E-state index contributed by atoms with van der Waals surface area (Å²) in [4.78, 5) is 11.5. The maximum Gasteiger partial charge on any atom is 0.328 e. The topological polar surface area (TPSA) is 72.3 Å². The van der Waals surface area contributed by atoms with Gasteiger partial charge in [-0.1, -0.05) is 60.1 Å². The molecule has 146 valence electrons. The van der Waals surface area contributed by atoms with Gasteiger partial charge in [0.05, 0.1) is 0 Å². The van der Waals surface area contributed by atoms with Crippen LogP contribution in [0.2, 0.25) is 5.15 Å². The van der Waals surface area contributed by atoms with E-state index in [-0.39, 0.29) is 11.0 Å². The molecule has 0 spiro atoms. The van der Waals surface area contributed by atoms with Gasteiger partial charge in [0.2, 0.25) is 5.88 Å². The van der Waals surface area contributed by atoms with Crippen LogP contribution in [0.15, 0.2) is 60.7 Å². The highest BCUT2D eigenvalue weighted by atomic mass is 35.5. The van der Waals surface area contributed by atoms with Crippen LogP contribution in [-0.4, -0.2) is 21.3 Å². The number of aryl methyl sites for hydroxylation is 1. The molecule has 0 saturated heterocycles. The Morgan fingerprint density at radius 2 is 1.90 bits per heavy atom. The Morgan fingerprint density at radius 1 is 1.14 bits per heavy atom. The first-order valence-electron chi connectivity index (χ1n) is 9.34. The van der Waals surface area contributed by atoms with Crippen molar-refractivity contribution in [3.8, 4) is 11.6 Å². The van der Waals surface area contributed by atoms with Crippen LogP contribution in [0, 0.1) is 6.92 Å². The van der Waals surface area contributed by atoms with Crippen molar-refractivity contribution in [1.82, 2.24) is 10.2 Å². The van der Waals surface area contributed by atoms with Crippen LogP contribution < -0.4 is 4.74 Å². The minimum absolute atomic E-state index is 0.159. The zero-order valence-electron chi connectivity index (χ0n) is 15.8. The highest BCUT2D eigenvalue weighted by molar-refractivity contribution is 6.29. The van der Waals surface area contributed by atoms with Crippen LogP contribution in [0.4, 0.5) is 0 Å². The summed E-state index contributed by atoms with van der Waals surface area (Å²) in [6.45, 7) is 1.98. The first-order chi connectivity index (χ1) is 14.0. The van der Waals surface area contributed by atoms with Gasteiger partial charge in [-0.3, -0.25) is 0 Å². The zero-order valence-corrected chi connectivity index (χ0v) is 16.6. The number of nitrogens with zero attached hydrogens (tertiary/aromatic N) is 2. The first kappa shape index (κ1) is 19.2. The van der Waals surface area contributed by atoms with E-state index in [1.807, 2.05) is 49.4 Å². The van der Waals surface area contributed by atoms with Crippen molar-refractivity contribution in [1.29, 1.82) is 0 Å². The van der Waals surface area contributed by atoms with E-state index in [0.717, 1.165) is 41.4 Å². The lowest BCUT2D eigenvalue weighted by atomic mass is 9.98. The first-order valence-corrected chi connectivity index (χ1v) is 9.71. The number of carbonyl (C=O) groups is 1. The molecule has 1 fully saturated rings. The average molecular weight is 407 g/mol. The molecule has 0 atom stereocenters. The van der Waals surface area contributed by atoms with Gasteiger partial charge in [-0.25, -0.2) is 4.79 Å². The van der Waals surface area contributed by atoms with Gasteiger partial charge in [0.15, 0.2) is 5.15 Å². The summed E-state index contributed by atoms with van der Waals surface area (Å²) in [6, 6.07) is 16.9. The predicted molar refractivity (Wildman–Crippen MR) is 111 cm³/mol. The molecule has 5 nitrogen and oxygen atoms in total. The van der Waals surface area contributed by atoms with Crippen LogP contribution >= 0.6 is 11.6 Å². The zero-order chi connectivity index (χ0) is 20.4. The third kappa shape index (κ3) is 4.30. The number of hydrogen-bond donors (Lipinski definition) is 1. The quantitative estimate of drug-likeness (QED) is 0.537. The monoisotopic (exact) mass is 406 g/mol. The van der Waals surface area contributed by atoms with E-state index in [0.29, 0.717) is 17.1 Å². The van der Waals surface area contributed by atoms with E-state index in [1.54, 1.807) is 6.07 Å². The summed E-state index contributed by atoms with van der Waals surface area (Å²) in [5.74, 6) is 0.381. The molecule has 6 heteroatoms. The summed E-state index contributed by atoms with van der Waals surface area (Å²) in [7, 11) is 0. The van der Waals surface area contributed by atoms with Crippen molar-refractivity contribution in [3.63, 3.8) is 0 Å². The molecular formula is C23H19ClN2O3. The van der Waals surface area contributed by atoms with Crippen molar-refractivity contribution >= 4 is 23.1 Å². The van der Waals surface area contributed by atoms with Crippen molar-refractivity contribution in [2.45, 2.75) is 25.7 Å². The van der Waals surface area contributed by atoms with E-state index in [9.17, 15) is 9.90 Å². The molecule has 29 heavy (non-hydrogen) atoms. The second kappa shape index (κ2) is 8.05. The molecule has 2 aromatic carbocycles. The van der Waals surface area contributed by atoms with Gasteiger partial charge >= 0.3 is 5.97 Å². The van der Waals surface area contributed by atoms with Gasteiger partial charge in [-0.2, -0.15) is 0 Å². The lowest BCUT2D eigenvalue weighted by Crippen LogP contribution is -2.02. The van der Waals surface area contributed by atoms with Gasteiger partial charge in [0.25, 0.3) is 0 Å². The second-order valence-corrected chi connectivity index (χ2v) is 7.41.